The first-order valence-corrected chi connectivity index (χ1v) is 10.5. The van der Waals surface area contributed by atoms with Gasteiger partial charge in [-0.15, -0.1) is 0 Å². The van der Waals surface area contributed by atoms with E-state index in [4.69, 9.17) is 0 Å². The van der Waals surface area contributed by atoms with Crippen LogP contribution in [0.2, 0.25) is 0 Å². The zero-order valence-corrected chi connectivity index (χ0v) is 17.7. The summed E-state index contributed by atoms with van der Waals surface area (Å²) in [6, 6.07) is 20.4. The van der Waals surface area contributed by atoms with Crippen molar-refractivity contribution in [2.45, 2.75) is 19.4 Å². The van der Waals surface area contributed by atoms with E-state index >= 15 is 0 Å². The standard InChI is InChI=1S/C24H25N3O2S/c1-17(19-10-12-25-13-11-19)26-23(28)20-8-5-9-22(15-20)27-24(29)21(16-30)14-18-6-3-2-4-7-18/h2-13,15,17,21,30H,14,16H2,1H3,(H,26,28)(H,27,29). The molecule has 2 aromatic carbocycles. The van der Waals surface area contributed by atoms with Crippen molar-refractivity contribution < 1.29 is 9.59 Å². The fourth-order valence-electron chi connectivity index (χ4n) is 3.14. The number of rotatable bonds is 8. The van der Waals surface area contributed by atoms with Gasteiger partial charge in [0.25, 0.3) is 5.91 Å². The number of nitrogens with zero attached hydrogens (tertiary/aromatic N) is 1. The van der Waals surface area contributed by atoms with E-state index in [9.17, 15) is 9.59 Å². The molecule has 154 valence electrons. The summed E-state index contributed by atoms with van der Waals surface area (Å²) in [6.07, 6.45) is 4.00. The van der Waals surface area contributed by atoms with E-state index in [2.05, 4.69) is 28.2 Å². The van der Waals surface area contributed by atoms with Crippen molar-refractivity contribution in [3.63, 3.8) is 0 Å². The Balaban J connectivity index is 1.64. The van der Waals surface area contributed by atoms with Crippen molar-refractivity contribution in [2.24, 2.45) is 5.92 Å². The number of pyridine rings is 1. The molecular formula is C24H25N3O2S. The molecule has 6 heteroatoms. The first kappa shape index (κ1) is 21.6. The third-order valence-corrected chi connectivity index (χ3v) is 5.30. The Morgan fingerprint density at radius 3 is 2.43 bits per heavy atom. The van der Waals surface area contributed by atoms with Gasteiger partial charge in [-0.3, -0.25) is 14.6 Å². The van der Waals surface area contributed by atoms with Crippen molar-refractivity contribution >= 4 is 30.1 Å². The highest BCUT2D eigenvalue weighted by Gasteiger charge is 2.18. The number of hydrogen-bond acceptors (Lipinski definition) is 4. The van der Waals surface area contributed by atoms with Gasteiger partial charge in [-0.2, -0.15) is 12.6 Å². The number of hydrogen-bond donors (Lipinski definition) is 3. The van der Waals surface area contributed by atoms with Crippen LogP contribution in [0.3, 0.4) is 0 Å². The van der Waals surface area contributed by atoms with Crippen LogP contribution in [0, 0.1) is 5.92 Å². The van der Waals surface area contributed by atoms with E-state index < -0.39 is 0 Å². The van der Waals surface area contributed by atoms with E-state index in [0.717, 1.165) is 11.1 Å². The highest BCUT2D eigenvalue weighted by molar-refractivity contribution is 7.80. The summed E-state index contributed by atoms with van der Waals surface area (Å²) in [5, 5.41) is 5.89. The molecule has 0 spiro atoms. The lowest BCUT2D eigenvalue weighted by Crippen LogP contribution is -2.28. The van der Waals surface area contributed by atoms with Crippen LogP contribution in [-0.4, -0.2) is 22.6 Å². The minimum Gasteiger partial charge on any atom is -0.346 e. The van der Waals surface area contributed by atoms with E-state index in [0.29, 0.717) is 23.4 Å². The Morgan fingerprint density at radius 2 is 1.73 bits per heavy atom. The van der Waals surface area contributed by atoms with E-state index in [1.807, 2.05) is 49.4 Å². The molecule has 0 aliphatic rings. The second-order valence-corrected chi connectivity index (χ2v) is 7.48. The van der Waals surface area contributed by atoms with Crippen molar-refractivity contribution in [1.82, 2.24) is 10.3 Å². The number of thiol groups is 1. The quantitative estimate of drug-likeness (QED) is 0.477. The van der Waals surface area contributed by atoms with Gasteiger partial charge in [-0.05, 0) is 54.8 Å². The van der Waals surface area contributed by atoms with Gasteiger partial charge in [0.05, 0.1) is 12.0 Å². The molecule has 1 aromatic heterocycles. The van der Waals surface area contributed by atoms with Crippen molar-refractivity contribution in [3.05, 3.63) is 95.8 Å². The van der Waals surface area contributed by atoms with Crippen molar-refractivity contribution in [3.8, 4) is 0 Å². The van der Waals surface area contributed by atoms with E-state index in [1.54, 1.807) is 36.7 Å². The average Bonchev–Trinajstić information content (AvgIpc) is 2.78. The maximum Gasteiger partial charge on any atom is 0.251 e. The van der Waals surface area contributed by atoms with Gasteiger partial charge in [0, 0.05) is 29.4 Å². The molecule has 1 heterocycles. The van der Waals surface area contributed by atoms with Crippen LogP contribution in [0.4, 0.5) is 5.69 Å². The van der Waals surface area contributed by atoms with Crippen LogP contribution < -0.4 is 10.6 Å². The summed E-state index contributed by atoms with van der Waals surface area (Å²) < 4.78 is 0. The minimum absolute atomic E-state index is 0.114. The molecule has 0 aliphatic carbocycles. The Labute approximate surface area is 182 Å². The maximum atomic E-state index is 12.7. The molecule has 0 saturated carbocycles. The molecule has 2 amide bonds. The molecule has 30 heavy (non-hydrogen) atoms. The van der Waals surface area contributed by atoms with Gasteiger partial charge in [-0.1, -0.05) is 36.4 Å². The fraction of sp³-hybridized carbons (Fsp3) is 0.208. The fourth-order valence-corrected chi connectivity index (χ4v) is 3.43. The summed E-state index contributed by atoms with van der Waals surface area (Å²) in [5.74, 6) is -0.147. The summed E-state index contributed by atoms with van der Waals surface area (Å²) in [5.41, 5.74) is 3.13. The molecule has 0 radical (unpaired) electrons. The van der Waals surface area contributed by atoms with Crippen LogP contribution in [0.1, 0.15) is 34.5 Å². The molecule has 0 fully saturated rings. The highest BCUT2D eigenvalue weighted by Crippen LogP contribution is 2.17. The Hall–Kier alpha value is -3.12. The number of aromatic nitrogens is 1. The molecule has 5 nitrogen and oxygen atoms in total. The number of anilines is 1. The summed E-state index contributed by atoms with van der Waals surface area (Å²) >= 11 is 4.35. The van der Waals surface area contributed by atoms with Crippen LogP contribution in [0.25, 0.3) is 0 Å². The number of nitrogens with one attached hydrogen (secondary N) is 2. The van der Waals surface area contributed by atoms with Crippen LogP contribution in [-0.2, 0) is 11.2 Å². The Morgan fingerprint density at radius 1 is 1.00 bits per heavy atom. The molecular weight excluding hydrogens is 394 g/mol. The smallest absolute Gasteiger partial charge is 0.251 e. The maximum absolute atomic E-state index is 12.7. The predicted molar refractivity (Wildman–Crippen MR) is 123 cm³/mol. The predicted octanol–water partition coefficient (Wildman–Crippen LogP) is 4.30. The second-order valence-electron chi connectivity index (χ2n) is 7.11. The number of benzene rings is 2. The molecule has 2 atom stereocenters. The average molecular weight is 420 g/mol. The van der Waals surface area contributed by atoms with Gasteiger partial charge in [0.2, 0.25) is 5.91 Å². The van der Waals surface area contributed by atoms with E-state index in [-0.39, 0.29) is 23.8 Å². The summed E-state index contributed by atoms with van der Waals surface area (Å²) in [6.45, 7) is 1.92. The number of carbonyl (C=O) groups is 2. The van der Waals surface area contributed by atoms with Gasteiger partial charge in [0.1, 0.15) is 0 Å². The lowest BCUT2D eigenvalue weighted by atomic mass is 10.00. The zero-order chi connectivity index (χ0) is 21.3. The molecule has 3 rings (SSSR count). The Bertz CT molecular complexity index is 980. The lowest BCUT2D eigenvalue weighted by Gasteiger charge is -2.16. The van der Waals surface area contributed by atoms with E-state index in [1.165, 1.54) is 0 Å². The third-order valence-electron chi connectivity index (χ3n) is 4.86. The van der Waals surface area contributed by atoms with Crippen molar-refractivity contribution in [1.29, 1.82) is 0 Å². The first-order chi connectivity index (χ1) is 14.6. The molecule has 0 aliphatic heterocycles. The molecule has 2 N–H and O–H groups in total. The largest absolute Gasteiger partial charge is 0.346 e. The van der Waals surface area contributed by atoms with Gasteiger partial charge in [0.15, 0.2) is 0 Å². The Kier molecular flexibility index (Phi) is 7.63. The number of carbonyl (C=O) groups excluding carboxylic acids is 2. The van der Waals surface area contributed by atoms with Gasteiger partial charge in [-0.25, -0.2) is 0 Å². The third kappa shape index (κ3) is 5.94. The normalized spacial score (nSPS) is 12.6. The SMILES string of the molecule is CC(NC(=O)c1cccc(NC(=O)C(CS)Cc2ccccc2)c1)c1ccncc1. The molecule has 3 aromatic rings. The lowest BCUT2D eigenvalue weighted by molar-refractivity contribution is -0.119. The monoisotopic (exact) mass is 419 g/mol. The summed E-state index contributed by atoms with van der Waals surface area (Å²) in [7, 11) is 0. The zero-order valence-electron chi connectivity index (χ0n) is 16.8. The van der Waals surface area contributed by atoms with Gasteiger partial charge >= 0.3 is 0 Å². The molecule has 0 saturated heterocycles. The first-order valence-electron chi connectivity index (χ1n) is 9.83. The summed E-state index contributed by atoms with van der Waals surface area (Å²) in [4.78, 5) is 29.4. The topological polar surface area (TPSA) is 71.1 Å². The van der Waals surface area contributed by atoms with Crippen LogP contribution in [0.15, 0.2) is 79.1 Å². The van der Waals surface area contributed by atoms with Gasteiger partial charge < -0.3 is 10.6 Å². The highest BCUT2D eigenvalue weighted by atomic mass is 32.1. The molecule has 0 bridgehead atoms. The minimum atomic E-state index is -0.264. The number of amides is 2. The molecule has 2 unspecified atom stereocenters. The van der Waals surface area contributed by atoms with Crippen LogP contribution in [0.5, 0.6) is 0 Å². The van der Waals surface area contributed by atoms with Crippen LogP contribution >= 0.6 is 12.6 Å². The van der Waals surface area contributed by atoms with Crippen molar-refractivity contribution in [2.75, 3.05) is 11.1 Å². The second kappa shape index (κ2) is 10.6.